The monoisotopic (exact) mass is 139 g/mol. The van der Waals surface area contributed by atoms with Gasteiger partial charge < -0.3 is 9.25 Å². The third-order valence-electron chi connectivity index (χ3n) is 0.967. The predicted molar refractivity (Wildman–Crippen MR) is 37.7 cm³/mol. The molecule has 0 saturated carbocycles. The smallest absolute Gasteiger partial charge is 0.174 e. The van der Waals surface area contributed by atoms with E-state index in [-0.39, 0.29) is 0 Å². The van der Waals surface area contributed by atoms with Gasteiger partial charge in [0.15, 0.2) is 6.61 Å². The van der Waals surface area contributed by atoms with E-state index in [0.717, 1.165) is 5.76 Å². The molecule has 0 aromatic carbocycles. The van der Waals surface area contributed by atoms with Crippen molar-refractivity contribution in [3.8, 4) is 0 Å². The zero-order valence-corrected chi connectivity index (χ0v) is 5.78. The minimum absolute atomic E-state index is 0.400. The van der Waals surface area contributed by atoms with Crippen LogP contribution in [-0.2, 0) is 11.4 Å². The van der Waals surface area contributed by atoms with Crippen LogP contribution >= 0.6 is 0 Å². The van der Waals surface area contributed by atoms with Crippen LogP contribution in [0.4, 0.5) is 0 Å². The first-order valence-electron chi connectivity index (χ1n) is 3.06. The summed E-state index contributed by atoms with van der Waals surface area (Å²) in [6, 6.07) is 3.65. The van der Waals surface area contributed by atoms with Crippen molar-refractivity contribution in [2.75, 3.05) is 0 Å². The molecule has 54 valence electrons. The van der Waals surface area contributed by atoms with Gasteiger partial charge in [0.1, 0.15) is 5.76 Å². The maximum atomic E-state index is 4.98. The van der Waals surface area contributed by atoms with Crippen LogP contribution in [0.3, 0.4) is 0 Å². The van der Waals surface area contributed by atoms with Gasteiger partial charge >= 0.3 is 0 Å². The zero-order chi connectivity index (χ0) is 7.23. The third-order valence-corrected chi connectivity index (χ3v) is 0.967. The molecule has 1 aromatic heterocycles. The summed E-state index contributed by atoms with van der Waals surface area (Å²) in [7, 11) is 0. The third kappa shape index (κ3) is 1.93. The molecule has 0 spiro atoms. The normalized spacial score (nSPS) is 10.5. The van der Waals surface area contributed by atoms with Crippen molar-refractivity contribution in [3.05, 3.63) is 24.2 Å². The summed E-state index contributed by atoms with van der Waals surface area (Å²) in [6.45, 7) is 2.19. The fourth-order valence-corrected chi connectivity index (χ4v) is 0.570. The van der Waals surface area contributed by atoms with Gasteiger partial charge in [0.2, 0.25) is 0 Å². The highest BCUT2D eigenvalue weighted by molar-refractivity contribution is 5.52. The molecule has 3 heteroatoms. The molecule has 1 rings (SSSR count). The molecule has 0 aliphatic rings. The average molecular weight is 139 g/mol. The number of rotatable bonds is 3. The van der Waals surface area contributed by atoms with E-state index < -0.39 is 0 Å². The first-order chi connectivity index (χ1) is 4.93. The lowest BCUT2D eigenvalue weighted by atomic mass is 10.5. The molecule has 10 heavy (non-hydrogen) atoms. The minimum atomic E-state index is 0.400. The molecule has 1 heterocycles. The van der Waals surface area contributed by atoms with Crippen LogP contribution in [0.1, 0.15) is 12.7 Å². The van der Waals surface area contributed by atoms with Gasteiger partial charge in [0.25, 0.3) is 0 Å². The number of oxime groups is 1. The highest BCUT2D eigenvalue weighted by Gasteiger charge is 1.91. The Morgan fingerprint density at radius 3 is 3.30 bits per heavy atom. The van der Waals surface area contributed by atoms with Crippen molar-refractivity contribution < 1.29 is 9.25 Å². The van der Waals surface area contributed by atoms with Crippen LogP contribution in [0.15, 0.2) is 28.0 Å². The lowest BCUT2D eigenvalue weighted by molar-refractivity contribution is 0.116. The molecule has 0 N–H and O–H groups in total. The lowest BCUT2D eigenvalue weighted by Gasteiger charge is -1.91. The van der Waals surface area contributed by atoms with Gasteiger partial charge in [-0.1, -0.05) is 5.16 Å². The van der Waals surface area contributed by atoms with Crippen molar-refractivity contribution in [1.29, 1.82) is 0 Å². The Bertz CT molecular complexity index is 191. The second kappa shape index (κ2) is 3.71. The highest BCUT2D eigenvalue weighted by atomic mass is 16.6. The van der Waals surface area contributed by atoms with Gasteiger partial charge in [-0.2, -0.15) is 0 Å². The quantitative estimate of drug-likeness (QED) is 0.472. The van der Waals surface area contributed by atoms with Crippen LogP contribution < -0.4 is 0 Å². The van der Waals surface area contributed by atoms with E-state index in [0.29, 0.717) is 6.61 Å². The van der Waals surface area contributed by atoms with Crippen LogP contribution in [0.25, 0.3) is 0 Å². The number of hydrogen-bond donors (Lipinski definition) is 0. The Morgan fingerprint density at radius 2 is 2.70 bits per heavy atom. The molecule has 1 aromatic rings. The Kier molecular flexibility index (Phi) is 2.55. The first-order valence-corrected chi connectivity index (χ1v) is 3.06. The number of hydrogen-bond acceptors (Lipinski definition) is 3. The van der Waals surface area contributed by atoms with Crippen molar-refractivity contribution in [2.24, 2.45) is 5.16 Å². The summed E-state index contributed by atoms with van der Waals surface area (Å²) in [4.78, 5) is 4.80. The molecule has 0 radical (unpaired) electrons. The van der Waals surface area contributed by atoms with Gasteiger partial charge in [0, 0.05) is 6.21 Å². The predicted octanol–water partition coefficient (Wildman–Crippen LogP) is 1.80. The summed E-state index contributed by atoms with van der Waals surface area (Å²) in [5.74, 6) is 0.783. The van der Waals surface area contributed by atoms with Gasteiger partial charge in [0.05, 0.1) is 6.26 Å². The van der Waals surface area contributed by atoms with Gasteiger partial charge in [-0.15, -0.1) is 0 Å². The molecule has 0 unspecified atom stereocenters. The topological polar surface area (TPSA) is 34.7 Å². The zero-order valence-electron chi connectivity index (χ0n) is 5.78. The molecule has 0 saturated heterocycles. The molecule has 0 aliphatic carbocycles. The van der Waals surface area contributed by atoms with Crippen molar-refractivity contribution in [3.63, 3.8) is 0 Å². The first kappa shape index (κ1) is 6.86. The second-order valence-corrected chi connectivity index (χ2v) is 1.72. The van der Waals surface area contributed by atoms with Gasteiger partial charge in [-0.05, 0) is 19.1 Å². The van der Waals surface area contributed by atoms with E-state index >= 15 is 0 Å². The highest BCUT2D eigenvalue weighted by Crippen LogP contribution is 2.00. The van der Waals surface area contributed by atoms with E-state index in [2.05, 4.69) is 5.16 Å². The van der Waals surface area contributed by atoms with Crippen LogP contribution in [0.5, 0.6) is 0 Å². The molecule has 3 nitrogen and oxygen atoms in total. The molecule has 0 atom stereocenters. The Hall–Kier alpha value is -1.25. The van der Waals surface area contributed by atoms with Crippen LogP contribution in [0.2, 0.25) is 0 Å². The summed E-state index contributed by atoms with van der Waals surface area (Å²) in [5, 5.41) is 3.56. The summed E-state index contributed by atoms with van der Waals surface area (Å²) in [6.07, 6.45) is 3.19. The molecular formula is C7H9NO2. The maximum absolute atomic E-state index is 4.98. The Morgan fingerprint density at radius 1 is 1.80 bits per heavy atom. The van der Waals surface area contributed by atoms with Crippen molar-refractivity contribution in [2.45, 2.75) is 13.5 Å². The molecule has 0 fully saturated rings. The van der Waals surface area contributed by atoms with Crippen LogP contribution in [0, 0.1) is 0 Å². The Labute approximate surface area is 59.3 Å². The molecular weight excluding hydrogens is 130 g/mol. The van der Waals surface area contributed by atoms with Crippen molar-refractivity contribution >= 4 is 6.21 Å². The van der Waals surface area contributed by atoms with E-state index in [1.54, 1.807) is 19.4 Å². The van der Waals surface area contributed by atoms with Gasteiger partial charge in [-0.3, -0.25) is 0 Å². The summed E-state index contributed by atoms with van der Waals surface area (Å²) < 4.78 is 4.98. The van der Waals surface area contributed by atoms with E-state index in [1.807, 2.05) is 12.1 Å². The maximum Gasteiger partial charge on any atom is 0.174 e. The minimum Gasteiger partial charge on any atom is -0.466 e. The van der Waals surface area contributed by atoms with E-state index in [9.17, 15) is 0 Å². The molecule has 0 bridgehead atoms. The fourth-order valence-electron chi connectivity index (χ4n) is 0.570. The summed E-state index contributed by atoms with van der Waals surface area (Å²) >= 11 is 0. The summed E-state index contributed by atoms with van der Waals surface area (Å²) in [5.41, 5.74) is 0. The van der Waals surface area contributed by atoms with Crippen molar-refractivity contribution in [1.82, 2.24) is 0 Å². The number of furan rings is 1. The van der Waals surface area contributed by atoms with Gasteiger partial charge in [-0.25, -0.2) is 0 Å². The lowest BCUT2D eigenvalue weighted by Crippen LogP contribution is -1.82. The second-order valence-electron chi connectivity index (χ2n) is 1.72. The largest absolute Gasteiger partial charge is 0.466 e. The number of nitrogens with zero attached hydrogens (tertiary/aromatic N) is 1. The Balaban J connectivity index is 2.28. The standard InChI is InChI=1S/C7H9NO2/c1-2-8-10-6-7-4-3-5-9-7/h2-5H,6H2,1H3/b8-2-. The molecule has 0 amide bonds. The van der Waals surface area contributed by atoms with E-state index in [4.69, 9.17) is 9.25 Å². The SMILES string of the molecule is C/C=N\OCc1ccco1. The van der Waals surface area contributed by atoms with E-state index in [1.165, 1.54) is 0 Å². The average Bonchev–Trinajstić information content (AvgIpc) is 2.41. The fraction of sp³-hybridized carbons (Fsp3) is 0.286. The molecule has 0 aliphatic heterocycles. The van der Waals surface area contributed by atoms with Crippen LogP contribution in [-0.4, -0.2) is 6.21 Å².